The van der Waals surface area contributed by atoms with Crippen molar-refractivity contribution >= 4 is 11.5 Å². The van der Waals surface area contributed by atoms with E-state index in [2.05, 4.69) is 20.7 Å². The molecule has 0 fully saturated rings. The zero-order chi connectivity index (χ0) is 21.2. The Morgan fingerprint density at radius 3 is 2.39 bits per heavy atom. The van der Waals surface area contributed by atoms with Crippen molar-refractivity contribution in [2.24, 2.45) is 5.10 Å². The summed E-state index contributed by atoms with van der Waals surface area (Å²) in [7, 11) is 0. The summed E-state index contributed by atoms with van der Waals surface area (Å²) in [6.07, 6.45) is 0. The summed E-state index contributed by atoms with van der Waals surface area (Å²) in [5.41, 5.74) is 7.01. The van der Waals surface area contributed by atoms with Gasteiger partial charge in [0.05, 0.1) is 5.92 Å². The first-order chi connectivity index (χ1) is 15.2. The summed E-state index contributed by atoms with van der Waals surface area (Å²) in [6, 6.07) is 26.4. The van der Waals surface area contributed by atoms with Gasteiger partial charge in [0.25, 0.3) is 0 Å². The van der Waals surface area contributed by atoms with E-state index in [9.17, 15) is 4.79 Å². The lowest BCUT2D eigenvalue weighted by molar-refractivity contribution is 0.106. The molecule has 0 radical (unpaired) electrons. The number of hydrogen-bond donors (Lipinski definition) is 1. The molecule has 1 aliphatic heterocycles. The van der Waals surface area contributed by atoms with Crippen LogP contribution in [0.15, 0.2) is 94.4 Å². The largest absolute Gasteiger partial charge is 0.418 e. The maximum Gasteiger partial charge on any atom is 0.247 e. The third kappa shape index (κ3) is 3.64. The average molecular weight is 408 g/mol. The van der Waals surface area contributed by atoms with E-state index >= 15 is 0 Å². The predicted octanol–water partition coefficient (Wildman–Crippen LogP) is 4.71. The van der Waals surface area contributed by atoms with Gasteiger partial charge in [-0.2, -0.15) is 5.10 Å². The van der Waals surface area contributed by atoms with Gasteiger partial charge in [-0.1, -0.05) is 78.4 Å². The number of hydrazone groups is 1. The fourth-order valence-corrected chi connectivity index (χ4v) is 3.83. The molecule has 1 aromatic heterocycles. The number of carbonyl (C=O) groups is 1. The van der Waals surface area contributed by atoms with Gasteiger partial charge in [-0.3, -0.25) is 10.2 Å². The molecule has 4 aromatic rings. The smallest absolute Gasteiger partial charge is 0.247 e. The molecule has 1 aliphatic rings. The van der Waals surface area contributed by atoms with E-state index in [-0.39, 0.29) is 11.7 Å². The molecule has 31 heavy (non-hydrogen) atoms. The van der Waals surface area contributed by atoms with Gasteiger partial charge >= 0.3 is 0 Å². The highest BCUT2D eigenvalue weighted by Gasteiger charge is 2.41. The van der Waals surface area contributed by atoms with Crippen molar-refractivity contribution in [3.8, 4) is 11.5 Å². The number of hydrogen-bond acceptors (Lipinski definition) is 6. The van der Waals surface area contributed by atoms with Gasteiger partial charge in [0.1, 0.15) is 11.8 Å². The van der Waals surface area contributed by atoms with E-state index in [4.69, 9.17) is 4.42 Å². The Labute approximate surface area is 179 Å². The zero-order valence-corrected chi connectivity index (χ0v) is 16.9. The summed E-state index contributed by atoms with van der Waals surface area (Å²) >= 11 is 0. The summed E-state index contributed by atoms with van der Waals surface area (Å²) < 4.78 is 6.02. The second kappa shape index (κ2) is 7.99. The van der Waals surface area contributed by atoms with Crippen molar-refractivity contribution in [2.75, 3.05) is 0 Å². The molecule has 2 unspecified atom stereocenters. The second-order valence-electron chi connectivity index (χ2n) is 7.50. The van der Waals surface area contributed by atoms with Crippen molar-refractivity contribution in [2.45, 2.75) is 18.9 Å². The van der Waals surface area contributed by atoms with Crippen LogP contribution in [-0.4, -0.2) is 21.7 Å². The van der Waals surface area contributed by atoms with Gasteiger partial charge in [-0.05, 0) is 24.6 Å². The van der Waals surface area contributed by atoms with Crippen LogP contribution in [0.2, 0.25) is 0 Å². The molecule has 3 aromatic carbocycles. The molecule has 0 bridgehead atoms. The Balaban J connectivity index is 1.51. The van der Waals surface area contributed by atoms with Gasteiger partial charge in [0.15, 0.2) is 0 Å². The van der Waals surface area contributed by atoms with Crippen LogP contribution in [0.4, 0.5) is 0 Å². The number of carbonyl (C=O) groups excluding carboxylic acids is 1. The van der Waals surface area contributed by atoms with Crippen molar-refractivity contribution in [3.05, 3.63) is 108 Å². The monoisotopic (exact) mass is 408 g/mol. The molecular weight excluding hydrogens is 388 g/mol. The van der Waals surface area contributed by atoms with Gasteiger partial charge in [-0.25, -0.2) is 0 Å². The standard InChI is InChI=1S/C25H20N4O2/c1-16-9-8-14-19(15-16)24-28-29-25(31-24)22-20(17-10-4-2-5-11-17)21(26-27-22)23(30)18-12-6-3-7-13-18/h2-15,20,22,27H,1H3. The van der Waals surface area contributed by atoms with Crippen molar-refractivity contribution in [1.82, 2.24) is 15.6 Å². The van der Waals surface area contributed by atoms with Crippen LogP contribution < -0.4 is 5.43 Å². The topological polar surface area (TPSA) is 80.4 Å². The third-order valence-electron chi connectivity index (χ3n) is 5.35. The summed E-state index contributed by atoms with van der Waals surface area (Å²) in [4.78, 5) is 13.2. The Kier molecular flexibility index (Phi) is 4.88. The molecule has 0 spiro atoms. The lowest BCUT2D eigenvalue weighted by atomic mass is 9.85. The summed E-state index contributed by atoms with van der Waals surface area (Å²) in [5.74, 6) is 0.364. The van der Waals surface area contributed by atoms with E-state index in [1.165, 1.54) is 0 Å². The Bertz CT molecular complexity index is 1250. The molecule has 0 amide bonds. The highest BCUT2D eigenvalue weighted by Crippen LogP contribution is 2.37. The predicted molar refractivity (Wildman–Crippen MR) is 118 cm³/mol. The van der Waals surface area contributed by atoms with Crippen LogP contribution >= 0.6 is 0 Å². The van der Waals surface area contributed by atoms with Gasteiger partial charge in [-0.15, -0.1) is 10.2 Å². The molecule has 2 atom stereocenters. The number of nitrogens with zero attached hydrogens (tertiary/aromatic N) is 3. The van der Waals surface area contributed by atoms with E-state index in [1.54, 1.807) is 12.1 Å². The first-order valence-corrected chi connectivity index (χ1v) is 10.1. The molecular formula is C25H20N4O2. The fraction of sp³-hybridized carbons (Fsp3) is 0.120. The third-order valence-corrected chi connectivity index (χ3v) is 5.35. The molecule has 0 aliphatic carbocycles. The fourth-order valence-electron chi connectivity index (χ4n) is 3.83. The molecule has 152 valence electrons. The number of aryl methyl sites for hydroxylation is 1. The average Bonchev–Trinajstić information content (AvgIpc) is 3.47. The molecule has 1 N–H and O–H groups in total. The number of benzene rings is 3. The Morgan fingerprint density at radius 1 is 0.903 bits per heavy atom. The van der Waals surface area contributed by atoms with Crippen molar-refractivity contribution < 1.29 is 9.21 Å². The SMILES string of the molecule is Cc1cccc(-c2nnc(C3NN=C(C(=O)c4ccccc4)C3c3ccccc3)o2)c1. The number of ketones is 1. The van der Waals surface area contributed by atoms with Crippen LogP contribution in [0.25, 0.3) is 11.5 Å². The molecule has 5 rings (SSSR count). The Hall–Kier alpha value is -4.06. The molecule has 6 nitrogen and oxygen atoms in total. The van der Waals surface area contributed by atoms with Crippen molar-refractivity contribution in [1.29, 1.82) is 0 Å². The molecule has 0 saturated heterocycles. The number of nitrogens with one attached hydrogen (secondary N) is 1. The summed E-state index contributed by atoms with van der Waals surface area (Å²) in [5, 5.41) is 12.9. The lowest BCUT2D eigenvalue weighted by Crippen LogP contribution is -2.25. The zero-order valence-electron chi connectivity index (χ0n) is 16.9. The van der Waals surface area contributed by atoms with Crippen LogP contribution in [-0.2, 0) is 0 Å². The second-order valence-corrected chi connectivity index (χ2v) is 7.50. The first-order valence-electron chi connectivity index (χ1n) is 10.1. The van der Waals surface area contributed by atoms with Crippen LogP contribution in [0, 0.1) is 6.92 Å². The van der Waals surface area contributed by atoms with Crippen LogP contribution in [0.5, 0.6) is 0 Å². The molecule has 6 heteroatoms. The highest BCUT2D eigenvalue weighted by molar-refractivity contribution is 6.48. The summed E-state index contributed by atoms with van der Waals surface area (Å²) in [6.45, 7) is 2.01. The van der Waals surface area contributed by atoms with E-state index < -0.39 is 6.04 Å². The number of aromatic nitrogens is 2. The van der Waals surface area contributed by atoms with E-state index in [1.807, 2.05) is 79.7 Å². The maximum atomic E-state index is 13.2. The quantitative estimate of drug-likeness (QED) is 0.484. The minimum absolute atomic E-state index is 0.122. The normalized spacial score (nSPS) is 17.8. The highest BCUT2D eigenvalue weighted by atomic mass is 16.4. The lowest BCUT2D eigenvalue weighted by Gasteiger charge is -2.18. The van der Waals surface area contributed by atoms with E-state index in [0.29, 0.717) is 23.1 Å². The minimum Gasteiger partial charge on any atom is -0.418 e. The number of rotatable bonds is 5. The minimum atomic E-state index is -0.434. The van der Waals surface area contributed by atoms with Crippen LogP contribution in [0.1, 0.15) is 39.3 Å². The van der Waals surface area contributed by atoms with Gasteiger partial charge in [0, 0.05) is 11.1 Å². The number of Topliss-reactive ketones (excluding diaryl/α,β-unsaturated/α-hetero) is 1. The van der Waals surface area contributed by atoms with E-state index in [0.717, 1.165) is 16.7 Å². The maximum absolute atomic E-state index is 13.2. The molecule has 0 saturated carbocycles. The van der Waals surface area contributed by atoms with Gasteiger partial charge < -0.3 is 4.42 Å². The van der Waals surface area contributed by atoms with Gasteiger partial charge in [0.2, 0.25) is 17.6 Å². The van der Waals surface area contributed by atoms with Crippen LogP contribution in [0.3, 0.4) is 0 Å². The van der Waals surface area contributed by atoms with Crippen molar-refractivity contribution in [3.63, 3.8) is 0 Å². The molecule has 2 heterocycles. The Morgan fingerprint density at radius 2 is 1.65 bits per heavy atom. The first kappa shape index (κ1) is 18.9.